The molecule has 0 saturated heterocycles. The highest BCUT2D eigenvalue weighted by atomic mass is 16.2. The lowest BCUT2D eigenvalue weighted by Crippen LogP contribution is -2.58. The highest BCUT2D eigenvalue weighted by Crippen LogP contribution is 2.41. The van der Waals surface area contributed by atoms with Crippen molar-refractivity contribution in [3.63, 3.8) is 0 Å². The van der Waals surface area contributed by atoms with Gasteiger partial charge in [-0.15, -0.1) is 0 Å². The quantitative estimate of drug-likeness (QED) is 0.480. The van der Waals surface area contributed by atoms with E-state index in [9.17, 15) is 9.59 Å². The van der Waals surface area contributed by atoms with Crippen molar-refractivity contribution in [3.05, 3.63) is 0 Å². The second kappa shape index (κ2) is 6.75. The van der Waals surface area contributed by atoms with Crippen LogP contribution in [-0.4, -0.2) is 36.5 Å². The van der Waals surface area contributed by atoms with Crippen LogP contribution in [0.1, 0.15) is 51.4 Å². The molecule has 0 aromatic heterocycles. The molecule has 0 bridgehead atoms. The number of hydrogen-bond donors (Lipinski definition) is 4. The van der Waals surface area contributed by atoms with E-state index in [-0.39, 0.29) is 23.8 Å². The molecular formula is C15H28N4O2. The van der Waals surface area contributed by atoms with E-state index in [1.54, 1.807) is 7.05 Å². The smallest absolute Gasteiger partial charge is 0.238 e. The molecule has 0 aliphatic heterocycles. The third-order valence-electron chi connectivity index (χ3n) is 5.04. The minimum absolute atomic E-state index is 0.211. The summed E-state index contributed by atoms with van der Waals surface area (Å²) in [4.78, 5) is 23.3. The first-order valence-electron chi connectivity index (χ1n) is 8.04. The zero-order chi connectivity index (χ0) is 15.5. The van der Waals surface area contributed by atoms with E-state index in [0.717, 1.165) is 44.9 Å². The Kier molecular flexibility index (Phi) is 5.22. The number of likely N-dealkylation sites (N-methyl/N-ethyl adjacent to an activating group) is 1. The van der Waals surface area contributed by atoms with Gasteiger partial charge in [0.1, 0.15) is 5.54 Å². The summed E-state index contributed by atoms with van der Waals surface area (Å²) in [7, 11) is 1.74. The maximum atomic E-state index is 12.0. The van der Waals surface area contributed by atoms with Gasteiger partial charge in [-0.3, -0.25) is 9.59 Å². The largest absolute Gasteiger partial charge is 0.368 e. The van der Waals surface area contributed by atoms with Crippen molar-refractivity contribution in [2.45, 2.75) is 69.0 Å². The number of nitrogens with two attached hydrogens (primary N) is 2. The van der Waals surface area contributed by atoms with Crippen molar-refractivity contribution in [1.29, 1.82) is 0 Å². The van der Waals surface area contributed by atoms with Crippen molar-refractivity contribution in [3.8, 4) is 0 Å². The number of rotatable bonds is 9. The number of carbonyl (C=O) groups excluding carboxylic acids is 2. The molecule has 6 N–H and O–H groups in total. The van der Waals surface area contributed by atoms with Gasteiger partial charge in [0.15, 0.2) is 0 Å². The Labute approximate surface area is 126 Å². The molecule has 0 spiro atoms. The maximum absolute atomic E-state index is 12.0. The van der Waals surface area contributed by atoms with Crippen LogP contribution >= 0.6 is 0 Å². The number of nitrogens with one attached hydrogen (secondary N) is 2. The van der Waals surface area contributed by atoms with Crippen LogP contribution in [0.2, 0.25) is 0 Å². The zero-order valence-electron chi connectivity index (χ0n) is 12.9. The fraction of sp³-hybridized carbons (Fsp3) is 0.867. The maximum Gasteiger partial charge on any atom is 0.238 e. The summed E-state index contributed by atoms with van der Waals surface area (Å²) in [5, 5.41) is 6.44. The van der Waals surface area contributed by atoms with Crippen LogP contribution in [-0.2, 0) is 9.59 Å². The predicted molar refractivity (Wildman–Crippen MR) is 81.3 cm³/mol. The Morgan fingerprint density at radius 3 is 2.52 bits per heavy atom. The second-order valence-electron chi connectivity index (χ2n) is 6.52. The number of carbonyl (C=O) groups is 2. The van der Waals surface area contributed by atoms with Gasteiger partial charge in [-0.05, 0) is 51.5 Å². The molecule has 3 unspecified atom stereocenters. The van der Waals surface area contributed by atoms with E-state index in [1.165, 1.54) is 0 Å². The summed E-state index contributed by atoms with van der Waals surface area (Å²) in [5.41, 5.74) is 10.5. The van der Waals surface area contributed by atoms with Crippen molar-refractivity contribution in [1.82, 2.24) is 10.6 Å². The van der Waals surface area contributed by atoms with Crippen LogP contribution in [0.15, 0.2) is 0 Å². The SMILES string of the molecule is CNC(CCCC1CCCC1(NC1CC1)C(N)=O)C(N)=O. The van der Waals surface area contributed by atoms with Gasteiger partial charge >= 0.3 is 0 Å². The molecule has 2 saturated carbocycles. The van der Waals surface area contributed by atoms with Gasteiger partial charge in [0, 0.05) is 6.04 Å². The van der Waals surface area contributed by atoms with Gasteiger partial charge in [0.25, 0.3) is 0 Å². The molecule has 0 heterocycles. The molecule has 2 fully saturated rings. The first kappa shape index (κ1) is 16.2. The van der Waals surface area contributed by atoms with E-state index < -0.39 is 5.54 Å². The molecule has 0 aromatic rings. The zero-order valence-corrected chi connectivity index (χ0v) is 12.9. The van der Waals surface area contributed by atoms with Gasteiger partial charge in [-0.1, -0.05) is 12.8 Å². The van der Waals surface area contributed by atoms with E-state index in [4.69, 9.17) is 11.5 Å². The summed E-state index contributed by atoms with van der Waals surface area (Å²) in [6.45, 7) is 0. The summed E-state index contributed by atoms with van der Waals surface area (Å²) in [6.07, 6.45) is 7.70. The Morgan fingerprint density at radius 1 is 1.29 bits per heavy atom. The highest BCUT2D eigenvalue weighted by molar-refractivity contribution is 5.85. The average Bonchev–Trinajstić information content (AvgIpc) is 3.14. The standard InChI is InChI=1S/C15H28N4O2/c1-18-12(13(16)20)6-2-4-10-5-3-9-15(10,14(17)21)19-11-7-8-11/h10-12,18-19H,2-9H2,1H3,(H2,16,20)(H2,17,21). The van der Waals surface area contributed by atoms with Crippen molar-refractivity contribution in [2.75, 3.05) is 7.05 Å². The Balaban J connectivity index is 1.90. The van der Waals surface area contributed by atoms with Gasteiger partial charge < -0.3 is 22.1 Å². The third-order valence-corrected chi connectivity index (χ3v) is 5.04. The number of hydrogen-bond acceptors (Lipinski definition) is 4. The van der Waals surface area contributed by atoms with E-state index in [0.29, 0.717) is 12.5 Å². The highest BCUT2D eigenvalue weighted by Gasteiger charge is 2.49. The number of primary amides is 2. The van der Waals surface area contributed by atoms with Crippen molar-refractivity contribution >= 4 is 11.8 Å². The minimum Gasteiger partial charge on any atom is -0.368 e. The first-order valence-corrected chi connectivity index (χ1v) is 8.04. The van der Waals surface area contributed by atoms with Gasteiger partial charge in [-0.25, -0.2) is 0 Å². The summed E-state index contributed by atoms with van der Waals surface area (Å²) in [6, 6.07) is 0.180. The third kappa shape index (κ3) is 3.74. The van der Waals surface area contributed by atoms with E-state index in [2.05, 4.69) is 10.6 Å². The normalized spacial score (nSPS) is 30.2. The lowest BCUT2D eigenvalue weighted by molar-refractivity contribution is -0.126. The monoisotopic (exact) mass is 296 g/mol. The summed E-state index contributed by atoms with van der Waals surface area (Å²) >= 11 is 0. The van der Waals surface area contributed by atoms with Crippen LogP contribution in [0, 0.1) is 5.92 Å². The molecule has 2 aliphatic rings. The Bertz CT molecular complexity index is 397. The minimum atomic E-state index is -0.525. The molecule has 3 atom stereocenters. The van der Waals surface area contributed by atoms with Crippen LogP contribution in [0.25, 0.3) is 0 Å². The summed E-state index contributed by atoms with van der Waals surface area (Å²) < 4.78 is 0. The fourth-order valence-electron chi connectivity index (χ4n) is 3.64. The molecule has 6 nitrogen and oxygen atoms in total. The van der Waals surface area contributed by atoms with Crippen molar-refractivity contribution < 1.29 is 9.59 Å². The van der Waals surface area contributed by atoms with E-state index in [1.807, 2.05) is 0 Å². The van der Waals surface area contributed by atoms with Crippen molar-refractivity contribution in [2.24, 2.45) is 17.4 Å². The molecule has 0 aromatic carbocycles. The van der Waals surface area contributed by atoms with Crippen LogP contribution < -0.4 is 22.1 Å². The lowest BCUT2D eigenvalue weighted by atomic mass is 9.82. The van der Waals surface area contributed by atoms with Gasteiger partial charge in [-0.2, -0.15) is 0 Å². The Hall–Kier alpha value is -1.14. The van der Waals surface area contributed by atoms with Crippen LogP contribution in [0.3, 0.4) is 0 Å². The average molecular weight is 296 g/mol. The molecule has 2 aliphatic carbocycles. The lowest BCUT2D eigenvalue weighted by Gasteiger charge is -2.34. The first-order chi connectivity index (χ1) is 9.99. The van der Waals surface area contributed by atoms with E-state index >= 15 is 0 Å². The number of amides is 2. The Morgan fingerprint density at radius 2 is 2.00 bits per heavy atom. The topological polar surface area (TPSA) is 110 Å². The molecule has 2 rings (SSSR count). The van der Waals surface area contributed by atoms with Crippen LogP contribution in [0.5, 0.6) is 0 Å². The molecule has 120 valence electrons. The predicted octanol–water partition coefficient (Wildman–Crippen LogP) is 0.00620. The molecule has 0 radical (unpaired) electrons. The molecule has 6 heteroatoms. The van der Waals surface area contributed by atoms with Gasteiger partial charge in [0.05, 0.1) is 6.04 Å². The summed E-state index contributed by atoms with van der Waals surface area (Å²) in [5.74, 6) is -0.251. The molecule has 21 heavy (non-hydrogen) atoms. The molecular weight excluding hydrogens is 268 g/mol. The second-order valence-corrected chi connectivity index (χ2v) is 6.52. The molecule has 2 amide bonds. The fourth-order valence-corrected chi connectivity index (χ4v) is 3.64. The van der Waals surface area contributed by atoms with Crippen LogP contribution in [0.4, 0.5) is 0 Å². The van der Waals surface area contributed by atoms with Gasteiger partial charge in [0.2, 0.25) is 11.8 Å².